The molecule has 0 radical (unpaired) electrons. The molecule has 11 heteroatoms. The van der Waals surface area contributed by atoms with Gasteiger partial charge in [-0.15, -0.1) is 23.4 Å². The highest BCUT2D eigenvalue weighted by Crippen LogP contribution is 2.24. The van der Waals surface area contributed by atoms with Crippen LogP contribution in [0, 0.1) is 0 Å². The van der Waals surface area contributed by atoms with Crippen LogP contribution in [0.25, 0.3) is 28.1 Å². The number of ether oxygens (including phenoxy) is 1. The Balaban J connectivity index is 1.25. The van der Waals surface area contributed by atoms with Crippen molar-refractivity contribution in [3.05, 3.63) is 79.1 Å². The largest absolute Gasteiger partial charge is 0.573 e. The van der Waals surface area contributed by atoms with Crippen LogP contribution in [0.2, 0.25) is 0 Å². The second-order valence-electron chi connectivity index (χ2n) is 7.04. The monoisotopic (exact) mass is 451 g/mol. The Labute approximate surface area is 185 Å². The second kappa shape index (κ2) is 8.26. The molecule has 0 fully saturated rings. The van der Waals surface area contributed by atoms with Gasteiger partial charge in [0.1, 0.15) is 24.3 Å². The summed E-state index contributed by atoms with van der Waals surface area (Å²) >= 11 is 0. The van der Waals surface area contributed by atoms with Gasteiger partial charge in [-0.3, -0.25) is 0 Å². The van der Waals surface area contributed by atoms with Gasteiger partial charge in [-0.1, -0.05) is 17.3 Å². The van der Waals surface area contributed by atoms with Gasteiger partial charge in [0.05, 0.1) is 11.2 Å². The van der Waals surface area contributed by atoms with Crippen LogP contribution < -0.4 is 10.1 Å². The molecular weight excluding hydrogens is 435 g/mol. The maximum absolute atomic E-state index is 12.3. The molecular formula is C22H16F3N7O. The first-order chi connectivity index (χ1) is 15.9. The highest BCUT2D eigenvalue weighted by Gasteiger charge is 2.31. The first kappa shape index (κ1) is 20.5. The van der Waals surface area contributed by atoms with Gasteiger partial charge in [0, 0.05) is 11.3 Å². The number of aromatic nitrogens is 6. The number of fused-ring (bicyclic) bond motifs is 1. The van der Waals surface area contributed by atoms with E-state index in [1.807, 2.05) is 48.5 Å². The Morgan fingerprint density at radius 3 is 2.42 bits per heavy atom. The van der Waals surface area contributed by atoms with Crippen LogP contribution in [-0.4, -0.2) is 36.1 Å². The van der Waals surface area contributed by atoms with E-state index in [1.165, 1.54) is 35.3 Å². The lowest BCUT2D eigenvalue weighted by Gasteiger charge is -2.09. The quantitative estimate of drug-likeness (QED) is 0.405. The number of rotatable bonds is 6. The third kappa shape index (κ3) is 4.61. The minimum atomic E-state index is -4.73. The molecule has 0 amide bonds. The van der Waals surface area contributed by atoms with Crippen LogP contribution in [-0.2, 0) is 6.67 Å². The van der Waals surface area contributed by atoms with Gasteiger partial charge >= 0.3 is 6.36 Å². The van der Waals surface area contributed by atoms with E-state index < -0.39 is 6.36 Å². The molecule has 0 aliphatic heterocycles. The van der Waals surface area contributed by atoms with Crippen molar-refractivity contribution < 1.29 is 17.9 Å². The Morgan fingerprint density at radius 2 is 1.67 bits per heavy atom. The SMILES string of the molecule is FC(F)(F)Oc1ccc(-n2cnc(-c3ccc(NCn4nnc5ccccc54)cc3)n2)cc1. The highest BCUT2D eigenvalue weighted by atomic mass is 19.4. The first-order valence-corrected chi connectivity index (χ1v) is 9.85. The summed E-state index contributed by atoms with van der Waals surface area (Å²) in [6.45, 7) is 0.459. The van der Waals surface area contributed by atoms with E-state index >= 15 is 0 Å². The molecule has 0 saturated carbocycles. The standard InChI is InChI=1S/C22H16F3N7O/c23-22(24,25)33-18-11-9-17(10-12-18)31-14-27-21(29-31)15-5-7-16(8-6-15)26-13-32-20-4-2-1-3-19(20)28-30-32/h1-12,14,26H,13H2. The molecule has 0 unspecified atom stereocenters. The molecule has 8 nitrogen and oxygen atoms in total. The zero-order valence-corrected chi connectivity index (χ0v) is 16.9. The Kier molecular flexibility index (Phi) is 5.13. The predicted octanol–water partition coefficient (Wildman–Crippen LogP) is 4.65. The van der Waals surface area contributed by atoms with Crippen LogP contribution in [0.1, 0.15) is 0 Å². The molecule has 0 bridgehead atoms. The molecule has 3 aromatic carbocycles. The number of benzene rings is 3. The van der Waals surface area contributed by atoms with E-state index in [-0.39, 0.29) is 5.75 Å². The van der Waals surface area contributed by atoms with Crippen LogP contribution in [0.3, 0.4) is 0 Å². The van der Waals surface area contributed by atoms with Gasteiger partial charge in [-0.2, -0.15) is 0 Å². The number of anilines is 1. The predicted molar refractivity (Wildman–Crippen MR) is 115 cm³/mol. The number of nitrogens with one attached hydrogen (secondary N) is 1. The minimum Gasteiger partial charge on any atom is -0.406 e. The highest BCUT2D eigenvalue weighted by molar-refractivity contribution is 5.73. The smallest absolute Gasteiger partial charge is 0.406 e. The summed E-state index contributed by atoms with van der Waals surface area (Å²) in [4.78, 5) is 4.29. The normalized spacial score (nSPS) is 11.6. The van der Waals surface area contributed by atoms with Crippen LogP contribution in [0.5, 0.6) is 5.75 Å². The van der Waals surface area contributed by atoms with Crippen molar-refractivity contribution in [2.75, 3.05) is 5.32 Å². The van der Waals surface area contributed by atoms with Gasteiger partial charge in [0.25, 0.3) is 0 Å². The van der Waals surface area contributed by atoms with E-state index in [4.69, 9.17) is 0 Å². The summed E-state index contributed by atoms with van der Waals surface area (Å²) in [6.07, 6.45) is -3.23. The molecule has 5 rings (SSSR count). The van der Waals surface area contributed by atoms with E-state index in [2.05, 4.69) is 30.4 Å². The fourth-order valence-corrected chi connectivity index (χ4v) is 3.26. The van der Waals surface area contributed by atoms with Gasteiger partial charge in [0.15, 0.2) is 5.82 Å². The van der Waals surface area contributed by atoms with Crippen molar-refractivity contribution >= 4 is 16.7 Å². The van der Waals surface area contributed by atoms with Crippen molar-refractivity contribution in [3.63, 3.8) is 0 Å². The van der Waals surface area contributed by atoms with Crippen LogP contribution in [0.15, 0.2) is 79.1 Å². The molecule has 0 saturated heterocycles. The number of nitrogens with zero attached hydrogens (tertiary/aromatic N) is 6. The van der Waals surface area contributed by atoms with Crippen molar-refractivity contribution in [3.8, 4) is 22.8 Å². The van der Waals surface area contributed by atoms with Gasteiger partial charge < -0.3 is 10.1 Å². The summed E-state index contributed by atoms with van der Waals surface area (Å²) in [5.74, 6) is 0.188. The third-order valence-electron chi connectivity index (χ3n) is 4.82. The number of halogens is 3. The molecule has 0 aliphatic carbocycles. The molecule has 0 aliphatic rings. The Hall–Kier alpha value is -4.41. The lowest BCUT2D eigenvalue weighted by atomic mass is 10.2. The average Bonchev–Trinajstić information content (AvgIpc) is 3.45. The topological polar surface area (TPSA) is 82.7 Å². The summed E-state index contributed by atoms with van der Waals surface area (Å²) in [5, 5.41) is 16.0. The molecule has 166 valence electrons. The van der Waals surface area contributed by atoms with Crippen LogP contribution in [0.4, 0.5) is 18.9 Å². The maximum atomic E-state index is 12.3. The van der Waals surface area contributed by atoms with E-state index in [0.717, 1.165) is 22.3 Å². The number of para-hydroxylation sites is 1. The Morgan fingerprint density at radius 1 is 0.909 bits per heavy atom. The molecule has 0 atom stereocenters. The summed E-state index contributed by atoms with van der Waals surface area (Å²) < 4.78 is 44.1. The van der Waals surface area contributed by atoms with E-state index in [1.54, 1.807) is 4.68 Å². The molecule has 5 aromatic rings. The fraction of sp³-hybridized carbons (Fsp3) is 0.0909. The van der Waals surface area contributed by atoms with E-state index in [9.17, 15) is 13.2 Å². The second-order valence-corrected chi connectivity index (χ2v) is 7.04. The third-order valence-corrected chi connectivity index (χ3v) is 4.82. The zero-order valence-electron chi connectivity index (χ0n) is 16.9. The van der Waals surface area contributed by atoms with Crippen molar-refractivity contribution in [1.82, 2.24) is 29.8 Å². The minimum absolute atomic E-state index is 0.298. The van der Waals surface area contributed by atoms with Crippen molar-refractivity contribution in [1.29, 1.82) is 0 Å². The summed E-state index contributed by atoms with van der Waals surface area (Å²) in [6, 6.07) is 20.7. The molecule has 0 spiro atoms. The van der Waals surface area contributed by atoms with Gasteiger partial charge in [-0.05, 0) is 60.7 Å². The number of hydrogen-bond acceptors (Lipinski definition) is 6. The number of alkyl halides is 3. The summed E-state index contributed by atoms with van der Waals surface area (Å²) in [5.41, 5.74) is 4.01. The summed E-state index contributed by atoms with van der Waals surface area (Å²) in [7, 11) is 0. The lowest BCUT2D eigenvalue weighted by molar-refractivity contribution is -0.274. The van der Waals surface area contributed by atoms with Gasteiger partial charge in [-0.25, -0.2) is 14.3 Å². The first-order valence-electron chi connectivity index (χ1n) is 9.85. The maximum Gasteiger partial charge on any atom is 0.573 e. The number of hydrogen-bond donors (Lipinski definition) is 1. The van der Waals surface area contributed by atoms with E-state index in [0.29, 0.717) is 18.2 Å². The molecule has 2 aromatic heterocycles. The zero-order chi connectivity index (χ0) is 22.8. The average molecular weight is 451 g/mol. The molecule has 1 N–H and O–H groups in total. The van der Waals surface area contributed by atoms with Crippen molar-refractivity contribution in [2.45, 2.75) is 13.0 Å². The Bertz CT molecular complexity index is 1380. The van der Waals surface area contributed by atoms with Crippen LogP contribution >= 0.6 is 0 Å². The fourth-order valence-electron chi connectivity index (χ4n) is 3.26. The molecule has 2 heterocycles. The molecule has 33 heavy (non-hydrogen) atoms. The van der Waals surface area contributed by atoms with Crippen molar-refractivity contribution in [2.24, 2.45) is 0 Å². The van der Waals surface area contributed by atoms with Gasteiger partial charge in [0.2, 0.25) is 0 Å². The lowest BCUT2D eigenvalue weighted by Crippen LogP contribution is -2.17.